The van der Waals surface area contributed by atoms with Gasteiger partial charge in [0.2, 0.25) is 5.95 Å². The van der Waals surface area contributed by atoms with Crippen molar-refractivity contribution in [1.82, 2.24) is 14.9 Å². The van der Waals surface area contributed by atoms with Gasteiger partial charge in [-0.15, -0.1) is 0 Å². The largest absolute Gasteiger partial charge is 0.396 e. The number of fused-ring (bicyclic) bond motifs is 1. The number of piperidine rings is 2. The second-order valence-electron chi connectivity index (χ2n) is 7.77. The van der Waals surface area contributed by atoms with E-state index in [2.05, 4.69) is 35.7 Å². The van der Waals surface area contributed by atoms with Crippen LogP contribution in [-0.4, -0.2) is 73.4 Å². The highest BCUT2D eigenvalue weighted by Crippen LogP contribution is 2.42. The molecule has 0 aromatic carbocycles. The quantitative estimate of drug-likeness (QED) is 0.903. The predicted octanol–water partition coefficient (Wildman–Crippen LogP) is 1.44. The number of likely N-dealkylation sites (tertiary alicyclic amines) is 1. The summed E-state index contributed by atoms with van der Waals surface area (Å²) in [5, 5.41) is 10.1. The average Bonchev–Trinajstić information content (AvgIpc) is 2.57. The normalized spacial score (nSPS) is 27.9. The number of hydrogen-bond donors (Lipinski definition) is 1. The minimum absolute atomic E-state index is 0.0594. The Balaban J connectivity index is 1.92. The molecule has 1 aromatic rings. The third-order valence-electron chi connectivity index (χ3n) is 6.06. The van der Waals surface area contributed by atoms with Gasteiger partial charge in [0.1, 0.15) is 5.82 Å². The van der Waals surface area contributed by atoms with E-state index < -0.39 is 0 Å². The van der Waals surface area contributed by atoms with Gasteiger partial charge in [-0.05, 0) is 46.7 Å². The Hall–Kier alpha value is -1.40. The summed E-state index contributed by atoms with van der Waals surface area (Å²) < 4.78 is 0. The van der Waals surface area contributed by atoms with E-state index in [4.69, 9.17) is 4.98 Å². The van der Waals surface area contributed by atoms with Gasteiger partial charge < -0.3 is 19.8 Å². The van der Waals surface area contributed by atoms with Crippen LogP contribution in [0.3, 0.4) is 0 Å². The van der Waals surface area contributed by atoms with E-state index in [1.54, 1.807) is 0 Å². The molecule has 2 saturated heterocycles. The summed E-state index contributed by atoms with van der Waals surface area (Å²) in [6, 6.07) is 0.391. The summed E-state index contributed by atoms with van der Waals surface area (Å²) in [7, 11) is 6.16. The summed E-state index contributed by atoms with van der Waals surface area (Å²) in [6.07, 6.45) is 3.35. The Bertz CT molecular complexity index is 605. The highest BCUT2D eigenvalue weighted by molar-refractivity contribution is 5.53. The molecule has 0 unspecified atom stereocenters. The number of likely N-dealkylation sites (N-methyl/N-ethyl adjacent to an activating group) is 1. The highest BCUT2D eigenvalue weighted by atomic mass is 16.3. The molecule has 134 valence electrons. The van der Waals surface area contributed by atoms with Crippen LogP contribution in [0.15, 0.2) is 0 Å². The Kier molecular flexibility index (Phi) is 4.71. The van der Waals surface area contributed by atoms with E-state index in [-0.39, 0.29) is 5.41 Å². The average molecular weight is 333 g/mol. The molecule has 6 nitrogen and oxygen atoms in total. The van der Waals surface area contributed by atoms with E-state index >= 15 is 0 Å². The van der Waals surface area contributed by atoms with Crippen LogP contribution >= 0.6 is 0 Å². The van der Waals surface area contributed by atoms with Gasteiger partial charge in [-0.25, -0.2) is 4.98 Å². The number of aromatic nitrogens is 2. The standard InChI is InChI=1S/C18H31N5O/c1-13-14(2)19-17(21(3)4)20-16(13)23-10-8-18(12-24)7-6-9-22(5)15(18)11-23/h15,24H,6-12H2,1-5H3/t15-,18-/m1/s1. The van der Waals surface area contributed by atoms with Crippen molar-refractivity contribution in [2.24, 2.45) is 5.41 Å². The first-order chi connectivity index (χ1) is 11.4. The van der Waals surface area contributed by atoms with Crippen molar-refractivity contribution in [2.75, 3.05) is 57.2 Å². The summed E-state index contributed by atoms with van der Waals surface area (Å²) in [5.41, 5.74) is 2.26. The number of aliphatic hydroxyl groups is 1. The van der Waals surface area contributed by atoms with Gasteiger partial charge in [0.25, 0.3) is 0 Å². The number of rotatable bonds is 3. The predicted molar refractivity (Wildman–Crippen MR) is 97.8 cm³/mol. The van der Waals surface area contributed by atoms with Crippen molar-refractivity contribution >= 4 is 11.8 Å². The fourth-order valence-electron chi connectivity index (χ4n) is 4.32. The summed E-state index contributed by atoms with van der Waals surface area (Å²) in [6.45, 7) is 7.46. The Morgan fingerprint density at radius 3 is 2.62 bits per heavy atom. The Morgan fingerprint density at radius 2 is 1.96 bits per heavy atom. The monoisotopic (exact) mass is 333 g/mol. The fraction of sp³-hybridized carbons (Fsp3) is 0.778. The molecule has 1 N–H and O–H groups in total. The van der Waals surface area contributed by atoms with Crippen LogP contribution in [0.2, 0.25) is 0 Å². The molecule has 2 atom stereocenters. The maximum Gasteiger partial charge on any atom is 0.227 e. The first kappa shape index (κ1) is 17.4. The molecule has 0 bridgehead atoms. The first-order valence-electron chi connectivity index (χ1n) is 8.96. The smallest absolute Gasteiger partial charge is 0.227 e. The molecule has 3 rings (SSSR count). The molecular formula is C18H31N5O. The molecular weight excluding hydrogens is 302 g/mol. The number of nitrogens with zero attached hydrogens (tertiary/aromatic N) is 5. The van der Waals surface area contributed by atoms with Crippen molar-refractivity contribution in [2.45, 2.75) is 39.2 Å². The SMILES string of the molecule is Cc1nc(N(C)C)nc(N2CC[C@@]3(CO)CCCN(C)[C@@H]3C2)c1C. The molecule has 2 aliphatic heterocycles. The van der Waals surface area contributed by atoms with Crippen molar-refractivity contribution < 1.29 is 5.11 Å². The van der Waals surface area contributed by atoms with Gasteiger partial charge in [0, 0.05) is 49.9 Å². The van der Waals surface area contributed by atoms with Gasteiger partial charge in [-0.2, -0.15) is 4.98 Å². The lowest BCUT2D eigenvalue weighted by molar-refractivity contribution is -0.0277. The fourth-order valence-corrected chi connectivity index (χ4v) is 4.32. The van der Waals surface area contributed by atoms with Gasteiger partial charge in [0.15, 0.2) is 0 Å². The van der Waals surface area contributed by atoms with Crippen molar-refractivity contribution in [3.8, 4) is 0 Å². The molecule has 0 amide bonds. The topological polar surface area (TPSA) is 55.7 Å². The molecule has 0 spiro atoms. The molecule has 2 fully saturated rings. The van der Waals surface area contributed by atoms with E-state index in [1.807, 2.05) is 19.0 Å². The molecule has 6 heteroatoms. The van der Waals surface area contributed by atoms with E-state index in [1.165, 1.54) is 6.42 Å². The Labute approximate surface area is 145 Å². The maximum absolute atomic E-state index is 10.1. The van der Waals surface area contributed by atoms with E-state index in [9.17, 15) is 5.11 Å². The highest BCUT2D eigenvalue weighted by Gasteiger charge is 2.46. The van der Waals surface area contributed by atoms with Crippen LogP contribution in [0.1, 0.15) is 30.5 Å². The second-order valence-corrected chi connectivity index (χ2v) is 7.77. The van der Waals surface area contributed by atoms with Gasteiger partial charge in [-0.3, -0.25) is 0 Å². The Morgan fingerprint density at radius 1 is 1.21 bits per heavy atom. The molecule has 0 aliphatic carbocycles. The van der Waals surface area contributed by atoms with Crippen LogP contribution in [0, 0.1) is 19.3 Å². The van der Waals surface area contributed by atoms with Crippen LogP contribution in [0.25, 0.3) is 0 Å². The third kappa shape index (κ3) is 2.86. The zero-order chi connectivity index (χ0) is 17.5. The van der Waals surface area contributed by atoms with Gasteiger partial charge >= 0.3 is 0 Å². The molecule has 2 aliphatic rings. The van der Waals surface area contributed by atoms with Crippen molar-refractivity contribution in [3.63, 3.8) is 0 Å². The maximum atomic E-state index is 10.1. The summed E-state index contributed by atoms with van der Waals surface area (Å²) >= 11 is 0. The van der Waals surface area contributed by atoms with Crippen LogP contribution < -0.4 is 9.80 Å². The molecule has 0 radical (unpaired) electrons. The molecule has 1 aromatic heterocycles. The lowest BCUT2D eigenvalue weighted by Crippen LogP contribution is -2.61. The third-order valence-corrected chi connectivity index (χ3v) is 6.06. The zero-order valence-electron chi connectivity index (χ0n) is 15.7. The minimum Gasteiger partial charge on any atom is -0.396 e. The lowest BCUT2D eigenvalue weighted by atomic mass is 9.69. The molecule has 24 heavy (non-hydrogen) atoms. The molecule has 3 heterocycles. The second kappa shape index (κ2) is 6.48. The van der Waals surface area contributed by atoms with Crippen molar-refractivity contribution in [1.29, 1.82) is 0 Å². The van der Waals surface area contributed by atoms with Crippen LogP contribution in [0.5, 0.6) is 0 Å². The number of aliphatic hydroxyl groups excluding tert-OH is 1. The van der Waals surface area contributed by atoms with Gasteiger partial charge in [-0.1, -0.05) is 0 Å². The van der Waals surface area contributed by atoms with Crippen LogP contribution in [0.4, 0.5) is 11.8 Å². The first-order valence-corrected chi connectivity index (χ1v) is 8.96. The van der Waals surface area contributed by atoms with E-state index in [0.29, 0.717) is 12.6 Å². The number of anilines is 2. The summed E-state index contributed by atoms with van der Waals surface area (Å²) in [5.74, 6) is 1.82. The lowest BCUT2D eigenvalue weighted by Gasteiger charge is -2.54. The number of hydrogen-bond acceptors (Lipinski definition) is 6. The minimum atomic E-state index is 0.0594. The summed E-state index contributed by atoms with van der Waals surface area (Å²) in [4.78, 5) is 16.2. The van der Waals surface area contributed by atoms with Gasteiger partial charge in [0.05, 0.1) is 6.61 Å². The van der Waals surface area contributed by atoms with E-state index in [0.717, 1.165) is 55.5 Å². The van der Waals surface area contributed by atoms with Crippen LogP contribution in [-0.2, 0) is 0 Å². The zero-order valence-corrected chi connectivity index (χ0v) is 15.7. The number of aryl methyl sites for hydroxylation is 1. The van der Waals surface area contributed by atoms with Crippen molar-refractivity contribution in [3.05, 3.63) is 11.3 Å². The molecule has 0 saturated carbocycles.